The van der Waals surface area contributed by atoms with Crippen molar-refractivity contribution >= 4 is 12.0 Å². The van der Waals surface area contributed by atoms with Crippen molar-refractivity contribution < 1.29 is 19.4 Å². The fourth-order valence-corrected chi connectivity index (χ4v) is 1.82. The molecule has 1 aliphatic rings. The Balaban J connectivity index is 2.57. The minimum Gasteiger partial charge on any atom is -0.480 e. The van der Waals surface area contributed by atoms with Crippen molar-refractivity contribution in [3.05, 3.63) is 0 Å². The highest BCUT2D eigenvalue weighted by Crippen LogP contribution is 2.10. The van der Waals surface area contributed by atoms with Gasteiger partial charge in [-0.05, 0) is 13.3 Å². The summed E-state index contributed by atoms with van der Waals surface area (Å²) in [5, 5.41) is 8.72. The molecule has 1 N–H and O–H groups in total. The summed E-state index contributed by atoms with van der Waals surface area (Å²) in [6.07, 6.45) is 0.922. The Morgan fingerprint density at radius 2 is 2.18 bits per heavy atom. The van der Waals surface area contributed by atoms with E-state index in [0.29, 0.717) is 26.2 Å². The maximum absolute atomic E-state index is 12.1. The molecule has 1 rings (SSSR count). The lowest BCUT2D eigenvalue weighted by molar-refractivity contribution is -0.137. The zero-order valence-corrected chi connectivity index (χ0v) is 10.4. The maximum Gasteiger partial charge on any atom is 0.323 e. The minimum absolute atomic E-state index is 0.0660. The van der Waals surface area contributed by atoms with Crippen LogP contribution in [-0.2, 0) is 9.53 Å². The molecular formula is C11H20N2O4. The number of carboxylic acids is 1. The number of ether oxygens (including phenoxy) is 1. The Morgan fingerprint density at radius 3 is 2.71 bits per heavy atom. The van der Waals surface area contributed by atoms with Crippen LogP contribution in [0.3, 0.4) is 0 Å². The van der Waals surface area contributed by atoms with Crippen molar-refractivity contribution in [2.75, 3.05) is 32.8 Å². The zero-order chi connectivity index (χ0) is 12.8. The van der Waals surface area contributed by atoms with E-state index in [1.807, 2.05) is 6.92 Å². The zero-order valence-electron chi connectivity index (χ0n) is 10.4. The summed E-state index contributed by atoms with van der Waals surface area (Å²) >= 11 is 0. The van der Waals surface area contributed by atoms with Crippen LogP contribution in [0.25, 0.3) is 0 Å². The number of rotatable bonds is 4. The normalized spacial score (nSPS) is 20.1. The number of likely N-dealkylation sites (N-methyl/N-ethyl adjacent to an activating group) is 1. The summed E-state index contributed by atoms with van der Waals surface area (Å²) in [6, 6.07) is -0.211. The Morgan fingerprint density at radius 1 is 1.47 bits per heavy atom. The second-order valence-corrected chi connectivity index (χ2v) is 4.04. The van der Waals surface area contributed by atoms with E-state index >= 15 is 0 Å². The molecule has 0 bridgehead atoms. The third-order valence-electron chi connectivity index (χ3n) is 2.84. The monoisotopic (exact) mass is 244 g/mol. The van der Waals surface area contributed by atoms with Crippen LogP contribution < -0.4 is 0 Å². The summed E-state index contributed by atoms with van der Waals surface area (Å²) in [5.74, 6) is -0.986. The fourth-order valence-electron chi connectivity index (χ4n) is 1.82. The van der Waals surface area contributed by atoms with Gasteiger partial charge < -0.3 is 19.6 Å². The number of hydrogen-bond donors (Lipinski definition) is 1. The highest BCUT2D eigenvalue weighted by atomic mass is 16.5. The van der Waals surface area contributed by atoms with Gasteiger partial charge in [-0.25, -0.2) is 4.79 Å². The van der Waals surface area contributed by atoms with E-state index in [1.165, 1.54) is 4.90 Å². The average Bonchev–Trinajstić information content (AvgIpc) is 2.35. The first kappa shape index (κ1) is 13.8. The largest absolute Gasteiger partial charge is 0.480 e. The van der Waals surface area contributed by atoms with E-state index in [9.17, 15) is 9.59 Å². The van der Waals surface area contributed by atoms with Crippen LogP contribution in [0.1, 0.15) is 20.3 Å². The number of carbonyl (C=O) groups excluding carboxylic acids is 1. The van der Waals surface area contributed by atoms with Crippen LogP contribution in [0.15, 0.2) is 0 Å². The third-order valence-corrected chi connectivity index (χ3v) is 2.84. The van der Waals surface area contributed by atoms with Gasteiger partial charge in [0.15, 0.2) is 0 Å². The maximum atomic E-state index is 12.1. The molecule has 0 saturated carbocycles. The molecule has 6 nitrogen and oxygen atoms in total. The predicted octanol–water partition coefficient (Wildman–Crippen LogP) is 0.624. The van der Waals surface area contributed by atoms with Gasteiger partial charge in [0.05, 0.1) is 12.7 Å². The van der Waals surface area contributed by atoms with Crippen molar-refractivity contribution in [2.24, 2.45) is 0 Å². The number of aliphatic carboxylic acids is 1. The standard InChI is InChI=1S/C11H20N2O4/c1-3-9-7-13(5-6-17-9)11(16)12(4-2)8-10(14)15/h9H,3-8H2,1-2H3,(H,14,15). The van der Waals surface area contributed by atoms with E-state index in [1.54, 1.807) is 11.8 Å². The lowest BCUT2D eigenvalue weighted by atomic mass is 10.2. The highest BCUT2D eigenvalue weighted by Gasteiger charge is 2.26. The lowest BCUT2D eigenvalue weighted by Crippen LogP contribution is -2.51. The van der Waals surface area contributed by atoms with Gasteiger partial charge in [0, 0.05) is 19.6 Å². The van der Waals surface area contributed by atoms with Crippen molar-refractivity contribution in [2.45, 2.75) is 26.4 Å². The number of morpholine rings is 1. The van der Waals surface area contributed by atoms with Gasteiger partial charge in [-0.2, -0.15) is 0 Å². The fraction of sp³-hybridized carbons (Fsp3) is 0.818. The van der Waals surface area contributed by atoms with Crippen molar-refractivity contribution in [3.63, 3.8) is 0 Å². The molecule has 1 unspecified atom stereocenters. The molecule has 1 aliphatic heterocycles. The first-order valence-corrected chi connectivity index (χ1v) is 5.95. The highest BCUT2D eigenvalue weighted by molar-refractivity contribution is 5.80. The molecule has 0 aromatic carbocycles. The van der Waals surface area contributed by atoms with Crippen LogP contribution in [0.2, 0.25) is 0 Å². The summed E-state index contributed by atoms with van der Waals surface area (Å²) in [7, 11) is 0. The number of carbonyl (C=O) groups is 2. The van der Waals surface area contributed by atoms with Crippen molar-refractivity contribution in [1.29, 1.82) is 0 Å². The van der Waals surface area contributed by atoms with Gasteiger partial charge in [-0.3, -0.25) is 4.79 Å². The molecule has 1 heterocycles. The molecule has 0 spiro atoms. The molecule has 17 heavy (non-hydrogen) atoms. The van der Waals surface area contributed by atoms with E-state index in [2.05, 4.69) is 0 Å². The lowest BCUT2D eigenvalue weighted by Gasteiger charge is -2.35. The molecule has 0 aromatic heterocycles. The first-order valence-electron chi connectivity index (χ1n) is 5.95. The molecular weight excluding hydrogens is 224 g/mol. The van der Waals surface area contributed by atoms with Gasteiger partial charge in [-0.1, -0.05) is 6.92 Å². The minimum atomic E-state index is -0.986. The second-order valence-electron chi connectivity index (χ2n) is 4.04. The van der Waals surface area contributed by atoms with Crippen LogP contribution >= 0.6 is 0 Å². The van der Waals surface area contributed by atoms with E-state index in [4.69, 9.17) is 9.84 Å². The molecule has 98 valence electrons. The molecule has 2 amide bonds. The van der Waals surface area contributed by atoms with Crippen LogP contribution in [0.5, 0.6) is 0 Å². The Labute approximate surface area is 101 Å². The van der Waals surface area contributed by atoms with Gasteiger partial charge >= 0.3 is 12.0 Å². The SMILES string of the molecule is CCC1CN(C(=O)N(CC)CC(=O)O)CCO1. The molecule has 6 heteroatoms. The molecule has 1 fully saturated rings. The van der Waals surface area contributed by atoms with Crippen molar-refractivity contribution in [1.82, 2.24) is 9.80 Å². The van der Waals surface area contributed by atoms with Gasteiger partial charge in [-0.15, -0.1) is 0 Å². The molecule has 0 aliphatic carbocycles. The smallest absolute Gasteiger partial charge is 0.323 e. The van der Waals surface area contributed by atoms with Gasteiger partial charge in [0.1, 0.15) is 6.54 Å². The predicted molar refractivity (Wildman–Crippen MR) is 61.9 cm³/mol. The first-order chi connectivity index (χ1) is 8.08. The number of hydrogen-bond acceptors (Lipinski definition) is 3. The molecule has 1 saturated heterocycles. The quantitative estimate of drug-likeness (QED) is 0.787. The van der Waals surface area contributed by atoms with Gasteiger partial charge in [0.25, 0.3) is 0 Å². The van der Waals surface area contributed by atoms with Crippen LogP contribution in [0.4, 0.5) is 4.79 Å². The molecule has 0 radical (unpaired) electrons. The average molecular weight is 244 g/mol. The van der Waals surface area contributed by atoms with Crippen molar-refractivity contribution in [3.8, 4) is 0 Å². The number of urea groups is 1. The Hall–Kier alpha value is -1.30. The third kappa shape index (κ3) is 3.89. The summed E-state index contributed by atoms with van der Waals surface area (Å²) in [4.78, 5) is 25.7. The second kappa shape index (κ2) is 6.44. The summed E-state index contributed by atoms with van der Waals surface area (Å²) < 4.78 is 5.47. The number of carboxylic acid groups (broad SMARTS) is 1. The molecule has 1 atom stereocenters. The summed E-state index contributed by atoms with van der Waals surface area (Å²) in [6.45, 7) is 5.54. The van der Waals surface area contributed by atoms with Crippen LogP contribution in [-0.4, -0.2) is 65.8 Å². The summed E-state index contributed by atoms with van der Waals surface area (Å²) in [5.41, 5.74) is 0. The van der Waals surface area contributed by atoms with E-state index in [0.717, 1.165) is 6.42 Å². The topological polar surface area (TPSA) is 70.1 Å². The Bertz CT molecular complexity index is 283. The number of amides is 2. The molecule has 0 aromatic rings. The van der Waals surface area contributed by atoms with E-state index in [-0.39, 0.29) is 18.7 Å². The van der Waals surface area contributed by atoms with Crippen LogP contribution in [0, 0.1) is 0 Å². The Kier molecular flexibility index (Phi) is 5.21. The van der Waals surface area contributed by atoms with E-state index < -0.39 is 5.97 Å². The van der Waals surface area contributed by atoms with Gasteiger partial charge in [0.2, 0.25) is 0 Å². The number of nitrogens with zero attached hydrogens (tertiary/aromatic N) is 2.